The number of nitrogens with one attached hydrogen (secondary N) is 2. The zero-order chi connectivity index (χ0) is 19.6. The van der Waals surface area contributed by atoms with Crippen LogP contribution in [0, 0.1) is 5.41 Å². The number of hydrogen-bond acceptors (Lipinski definition) is 3. The number of hydrogen-bond donors (Lipinski definition) is 2. The summed E-state index contributed by atoms with van der Waals surface area (Å²) in [6, 6.07) is 0. The number of Topliss-reactive ketones (excluding diaryl/α,β-unsaturated/α-hetero) is 1. The number of allylic oxidation sites excluding steroid dienone is 2. The van der Waals surface area contributed by atoms with Gasteiger partial charge in [-0.2, -0.15) is 0 Å². The molecular formula is C21H39N3O2. The molecule has 0 atom stereocenters. The van der Waals surface area contributed by atoms with E-state index in [9.17, 15) is 9.59 Å². The van der Waals surface area contributed by atoms with Crippen molar-refractivity contribution in [2.75, 3.05) is 13.6 Å². The van der Waals surface area contributed by atoms with E-state index in [4.69, 9.17) is 5.41 Å². The smallest absolute Gasteiger partial charge is 0.226 e. The number of likely N-dealkylation sites (N-methyl/N-ethyl adjacent to an activating group) is 1. The number of nitrogens with zero attached hydrogens (tertiary/aromatic N) is 1. The molecule has 0 rings (SSSR count). The highest BCUT2D eigenvalue weighted by Gasteiger charge is 2.10. The highest BCUT2D eigenvalue weighted by molar-refractivity contribution is 5.96. The third-order valence-corrected chi connectivity index (χ3v) is 4.27. The van der Waals surface area contributed by atoms with E-state index in [1.165, 1.54) is 56.8 Å². The molecule has 0 aromatic heterocycles. The van der Waals surface area contributed by atoms with Gasteiger partial charge >= 0.3 is 0 Å². The van der Waals surface area contributed by atoms with Crippen LogP contribution in [0.1, 0.15) is 90.9 Å². The van der Waals surface area contributed by atoms with Crippen molar-refractivity contribution >= 4 is 17.6 Å². The van der Waals surface area contributed by atoms with E-state index < -0.39 is 0 Å². The van der Waals surface area contributed by atoms with Gasteiger partial charge < -0.3 is 4.90 Å². The Balaban J connectivity index is 3.49. The lowest BCUT2D eigenvalue weighted by Crippen LogP contribution is -2.43. The van der Waals surface area contributed by atoms with Crippen LogP contribution in [0.3, 0.4) is 0 Å². The molecule has 150 valence electrons. The summed E-state index contributed by atoms with van der Waals surface area (Å²) in [5, 5.41) is 10.3. The SMILES string of the molecule is CCCCCC/C=C\CCCCCCCC(=O)NC(=N)N(C)CC(C)=O. The lowest BCUT2D eigenvalue weighted by Gasteiger charge is -2.18. The highest BCUT2D eigenvalue weighted by atomic mass is 16.2. The van der Waals surface area contributed by atoms with Gasteiger partial charge in [0.15, 0.2) is 5.96 Å². The van der Waals surface area contributed by atoms with E-state index in [1.54, 1.807) is 7.05 Å². The summed E-state index contributed by atoms with van der Waals surface area (Å²) >= 11 is 0. The molecule has 0 aromatic rings. The van der Waals surface area contributed by atoms with E-state index in [2.05, 4.69) is 24.4 Å². The topological polar surface area (TPSA) is 73.3 Å². The largest absolute Gasteiger partial charge is 0.339 e. The molecular weight excluding hydrogens is 326 g/mol. The van der Waals surface area contributed by atoms with Crippen molar-refractivity contribution in [3.8, 4) is 0 Å². The van der Waals surface area contributed by atoms with Gasteiger partial charge in [-0.15, -0.1) is 0 Å². The summed E-state index contributed by atoms with van der Waals surface area (Å²) in [6.07, 6.45) is 18.2. The van der Waals surface area contributed by atoms with Crippen LogP contribution in [0.25, 0.3) is 0 Å². The van der Waals surface area contributed by atoms with E-state index in [1.807, 2.05) is 0 Å². The van der Waals surface area contributed by atoms with Gasteiger partial charge in [0, 0.05) is 13.5 Å². The molecule has 26 heavy (non-hydrogen) atoms. The molecule has 0 spiro atoms. The Morgan fingerprint density at radius 1 is 0.923 bits per heavy atom. The summed E-state index contributed by atoms with van der Waals surface area (Å²) in [7, 11) is 1.63. The van der Waals surface area contributed by atoms with Gasteiger partial charge in [0.2, 0.25) is 5.91 Å². The predicted molar refractivity (Wildman–Crippen MR) is 109 cm³/mol. The fraction of sp³-hybridized carbons (Fsp3) is 0.762. The maximum absolute atomic E-state index is 11.8. The van der Waals surface area contributed by atoms with E-state index in [0.29, 0.717) is 6.42 Å². The quantitative estimate of drug-likeness (QED) is 0.189. The number of carbonyl (C=O) groups is 2. The maximum Gasteiger partial charge on any atom is 0.226 e. The molecule has 5 heteroatoms. The molecule has 0 fully saturated rings. The molecule has 0 saturated carbocycles. The van der Waals surface area contributed by atoms with E-state index >= 15 is 0 Å². The number of amides is 1. The predicted octanol–water partition coefficient (Wildman–Crippen LogP) is 4.82. The first kappa shape index (κ1) is 24.4. The van der Waals surface area contributed by atoms with Crippen molar-refractivity contribution in [3.05, 3.63) is 12.2 Å². The van der Waals surface area contributed by atoms with Crippen LogP contribution < -0.4 is 5.32 Å². The van der Waals surface area contributed by atoms with Crippen molar-refractivity contribution in [1.29, 1.82) is 5.41 Å². The molecule has 2 N–H and O–H groups in total. The minimum atomic E-state index is -0.142. The molecule has 0 aromatic carbocycles. The number of carbonyl (C=O) groups excluding carboxylic acids is 2. The Hall–Kier alpha value is -1.65. The normalized spacial score (nSPS) is 10.9. The monoisotopic (exact) mass is 365 g/mol. The average Bonchev–Trinajstić information content (AvgIpc) is 2.58. The van der Waals surface area contributed by atoms with Crippen molar-refractivity contribution in [3.63, 3.8) is 0 Å². The number of rotatable bonds is 15. The first-order valence-corrected chi connectivity index (χ1v) is 10.2. The van der Waals surface area contributed by atoms with Crippen molar-refractivity contribution in [1.82, 2.24) is 10.2 Å². The molecule has 0 saturated heterocycles. The minimum Gasteiger partial charge on any atom is -0.339 e. The summed E-state index contributed by atoms with van der Waals surface area (Å²) in [5.74, 6) is -0.180. The first-order chi connectivity index (χ1) is 12.5. The average molecular weight is 366 g/mol. The Morgan fingerprint density at radius 2 is 1.46 bits per heavy atom. The lowest BCUT2D eigenvalue weighted by molar-refractivity contribution is -0.120. The summed E-state index contributed by atoms with van der Waals surface area (Å²) in [5.41, 5.74) is 0. The standard InChI is InChI=1S/C21H39N3O2/c1-4-5-6-7-8-9-10-11-12-13-14-15-16-17-20(26)23-21(22)24(3)18-19(2)25/h9-10H,4-8,11-18H2,1-3H3,(H2,22,23,26)/b10-9-. The second-order valence-electron chi connectivity index (χ2n) is 7.08. The third kappa shape index (κ3) is 15.9. The molecule has 1 amide bonds. The number of unbranched alkanes of at least 4 members (excludes halogenated alkanes) is 9. The van der Waals surface area contributed by atoms with Crippen LogP contribution in [-0.2, 0) is 9.59 Å². The molecule has 0 aliphatic heterocycles. The first-order valence-electron chi connectivity index (χ1n) is 10.2. The molecule has 0 radical (unpaired) electrons. The number of ketones is 1. The van der Waals surface area contributed by atoms with Crippen LogP contribution in [0.15, 0.2) is 12.2 Å². The van der Waals surface area contributed by atoms with E-state index in [0.717, 1.165) is 25.7 Å². The van der Waals surface area contributed by atoms with Crippen LogP contribution in [0.2, 0.25) is 0 Å². The van der Waals surface area contributed by atoms with Gasteiger partial charge in [0.1, 0.15) is 5.78 Å². The van der Waals surface area contributed by atoms with Gasteiger partial charge in [-0.25, -0.2) is 0 Å². The zero-order valence-corrected chi connectivity index (χ0v) is 17.1. The Bertz CT molecular complexity index is 433. The summed E-state index contributed by atoms with van der Waals surface area (Å²) < 4.78 is 0. The van der Waals surface area contributed by atoms with Crippen LogP contribution in [0.4, 0.5) is 0 Å². The summed E-state index contributed by atoms with van der Waals surface area (Å²) in [6.45, 7) is 3.85. The van der Waals surface area contributed by atoms with Crippen molar-refractivity contribution in [2.45, 2.75) is 90.9 Å². The molecule has 0 aliphatic rings. The van der Waals surface area contributed by atoms with Gasteiger partial charge in [-0.3, -0.25) is 20.3 Å². The van der Waals surface area contributed by atoms with Crippen LogP contribution in [0.5, 0.6) is 0 Å². The minimum absolute atomic E-state index is 0.00770. The third-order valence-electron chi connectivity index (χ3n) is 4.27. The summed E-state index contributed by atoms with van der Waals surface area (Å²) in [4.78, 5) is 24.2. The molecule has 0 bridgehead atoms. The Kier molecular flexibility index (Phi) is 15.7. The zero-order valence-electron chi connectivity index (χ0n) is 17.1. The van der Waals surface area contributed by atoms with E-state index in [-0.39, 0.29) is 24.2 Å². The lowest BCUT2D eigenvalue weighted by atomic mass is 10.1. The van der Waals surface area contributed by atoms with Crippen LogP contribution in [-0.4, -0.2) is 36.1 Å². The number of guanidine groups is 1. The molecule has 0 unspecified atom stereocenters. The Morgan fingerprint density at radius 3 is 2.04 bits per heavy atom. The fourth-order valence-corrected chi connectivity index (χ4v) is 2.71. The fourth-order valence-electron chi connectivity index (χ4n) is 2.71. The maximum atomic E-state index is 11.8. The van der Waals surface area contributed by atoms with Gasteiger partial charge in [0.25, 0.3) is 0 Å². The molecule has 0 aliphatic carbocycles. The molecule has 0 heterocycles. The highest BCUT2D eigenvalue weighted by Crippen LogP contribution is 2.09. The van der Waals surface area contributed by atoms with Gasteiger partial charge in [-0.1, -0.05) is 57.6 Å². The van der Waals surface area contributed by atoms with Crippen LogP contribution >= 0.6 is 0 Å². The molecule has 5 nitrogen and oxygen atoms in total. The van der Waals surface area contributed by atoms with Gasteiger partial charge in [-0.05, 0) is 39.0 Å². The second-order valence-corrected chi connectivity index (χ2v) is 7.08. The van der Waals surface area contributed by atoms with Crippen molar-refractivity contribution < 1.29 is 9.59 Å². The second kappa shape index (κ2) is 16.8. The Labute approximate surface area is 160 Å². The van der Waals surface area contributed by atoms with Crippen molar-refractivity contribution in [2.24, 2.45) is 0 Å². The van der Waals surface area contributed by atoms with Gasteiger partial charge in [0.05, 0.1) is 6.54 Å².